The van der Waals surface area contributed by atoms with Crippen molar-refractivity contribution in [3.8, 4) is 11.5 Å². The molecule has 0 radical (unpaired) electrons. The summed E-state index contributed by atoms with van der Waals surface area (Å²) in [5.41, 5.74) is 6.05. The Morgan fingerprint density at radius 1 is 1.00 bits per heavy atom. The van der Waals surface area contributed by atoms with Gasteiger partial charge in [-0.15, -0.1) is 0 Å². The molecule has 5 heteroatoms. The van der Waals surface area contributed by atoms with Crippen molar-refractivity contribution in [2.75, 3.05) is 26.6 Å². The lowest BCUT2D eigenvalue weighted by atomic mass is 9.91. The van der Waals surface area contributed by atoms with Crippen molar-refractivity contribution in [1.29, 1.82) is 0 Å². The first-order chi connectivity index (χ1) is 12.7. The van der Waals surface area contributed by atoms with Crippen molar-refractivity contribution < 1.29 is 9.47 Å². The molecule has 1 aliphatic carbocycles. The van der Waals surface area contributed by atoms with Crippen LogP contribution in [0, 0.1) is 0 Å². The topological polar surface area (TPSA) is 58.3 Å². The number of nitrogens with one attached hydrogen (secondary N) is 3. The van der Waals surface area contributed by atoms with E-state index < -0.39 is 0 Å². The normalized spacial score (nSPS) is 16.3. The summed E-state index contributed by atoms with van der Waals surface area (Å²) in [5.74, 6) is 1.44. The van der Waals surface area contributed by atoms with Crippen molar-refractivity contribution in [3.05, 3.63) is 47.7 Å². The second kappa shape index (κ2) is 6.92. The Morgan fingerprint density at radius 2 is 1.77 bits per heavy atom. The molecule has 0 fully saturated rings. The van der Waals surface area contributed by atoms with E-state index >= 15 is 0 Å². The van der Waals surface area contributed by atoms with Crippen LogP contribution in [0.4, 0.5) is 11.4 Å². The number of methoxy groups -OCH3 is 2. The van der Waals surface area contributed by atoms with Gasteiger partial charge in [0, 0.05) is 40.1 Å². The van der Waals surface area contributed by atoms with Gasteiger partial charge in [0.2, 0.25) is 0 Å². The third-order valence-electron chi connectivity index (χ3n) is 5.27. The fraction of sp³-hybridized carbons (Fsp3) is 0.333. The van der Waals surface area contributed by atoms with Crippen LogP contribution in [-0.4, -0.2) is 32.3 Å². The molecule has 1 atom stereocenters. The summed E-state index contributed by atoms with van der Waals surface area (Å²) < 4.78 is 10.7. The van der Waals surface area contributed by atoms with Gasteiger partial charge in [0.25, 0.3) is 0 Å². The highest BCUT2D eigenvalue weighted by Gasteiger charge is 2.21. The fourth-order valence-electron chi connectivity index (χ4n) is 3.83. The minimum atomic E-state index is 0.575. The van der Waals surface area contributed by atoms with Crippen LogP contribution >= 0.6 is 0 Å². The van der Waals surface area contributed by atoms with Gasteiger partial charge in [0.05, 0.1) is 14.2 Å². The maximum Gasteiger partial charge on any atom is 0.162 e. The highest BCUT2D eigenvalue weighted by molar-refractivity contribution is 5.88. The monoisotopic (exact) mass is 351 g/mol. The maximum atomic E-state index is 5.38. The zero-order valence-electron chi connectivity index (χ0n) is 15.5. The fourth-order valence-corrected chi connectivity index (χ4v) is 3.83. The molecule has 1 unspecified atom stereocenters. The third kappa shape index (κ3) is 2.99. The molecule has 0 saturated heterocycles. The van der Waals surface area contributed by atoms with E-state index in [9.17, 15) is 0 Å². The zero-order valence-corrected chi connectivity index (χ0v) is 15.5. The van der Waals surface area contributed by atoms with Gasteiger partial charge in [-0.05, 0) is 56.1 Å². The first kappa shape index (κ1) is 16.8. The number of likely N-dealkylation sites (N-methyl/N-ethyl adjacent to an activating group) is 1. The van der Waals surface area contributed by atoms with E-state index in [2.05, 4.69) is 40.9 Å². The Bertz CT molecular complexity index is 932. The Labute approximate surface area is 153 Å². The lowest BCUT2D eigenvalue weighted by Crippen LogP contribution is -2.31. The Hall–Kier alpha value is -2.66. The van der Waals surface area contributed by atoms with Crippen molar-refractivity contribution in [2.24, 2.45) is 0 Å². The van der Waals surface area contributed by atoms with Crippen molar-refractivity contribution >= 4 is 22.3 Å². The summed E-state index contributed by atoms with van der Waals surface area (Å²) in [6, 6.07) is 12.9. The number of aromatic amines is 1. The quantitative estimate of drug-likeness (QED) is 0.650. The van der Waals surface area contributed by atoms with E-state index in [1.165, 1.54) is 28.6 Å². The molecule has 1 heterocycles. The van der Waals surface area contributed by atoms with E-state index in [-0.39, 0.29) is 0 Å². The van der Waals surface area contributed by atoms with Gasteiger partial charge in [0.15, 0.2) is 11.5 Å². The molecule has 3 N–H and O–H groups in total. The molecule has 0 bridgehead atoms. The van der Waals surface area contributed by atoms with E-state index in [1.54, 1.807) is 14.2 Å². The highest BCUT2D eigenvalue weighted by atomic mass is 16.5. The van der Waals surface area contributed by atoms with Gasteiger partial charge in [-0.1, -0.05) is 6.07 Å². The Kier molecular flexibility index (Phi) is 4.47. The van der Waals surface area contributed by atoms with Crippen LogP contribution in [0.3, 0.4) is 0 Å². The van der Waals surface area contributed by atoms with Crippen LogP contribution in [0.15, 0.2) is 36.4 Å². The lowest BCUT2D eigenvalue weighted by Gasteiger charge is -2.21. The smallest absolute Gasteiger partial charge is 0.162 e. The number of ether oxygens (including phenoxy) is 2. The molecular weight excluding hydrogens is 326 g/mol. The molecule has 0 amide bonds. The number of hydrogen-bond donors (Lipinski definition) is 3. The number of benzene rings is 2. The number of aromatic nitrogens is 1. The molecule has 4 rings (SSSR count). The molecule has 5 nitrogen and oxygen atoms in total. The minimum absolute atomic E-state index is 0.575. The molecule has 26 heavy (non-hydrogen) atoms. The lowest BCUT2D eigenvalue weighted by molar-refractivity contribution is 0.355. The minimum Gasteiger partial charge on any atom is -0.493 e. The molecular formula is C21H25N3O2. The summed E-state index contributed by atoms with van der Waals surface area (Å²) in [5, 5.41) is 8.20. The van der Waals surface area contributed by atoms with Crippen molar-refractivity contribution in [2.45, 2.75) is 25.3 Å². The van der Waals surface area contributed by atoms with Gasteiger partial charge < -0.3 is 25.1 Å². The van der Waals surface area contributed by atoms with Gasteiger partial charge in [-0.3, -0.25) is 0 Å². The third-order valence-corrected chi connectivity index (χ3v) is 5.27. The molecule has 0 spiro atoms. The van der Waals surface area contributed by atoms with Crippen LogP contribution in [-0.2, 0) is 12.8 Å². The summed E-state index contributed by atoms with van der Waals surface area (Å²) >= 11 is 0. The van der Waals surface area contributed by atoms with Gasteiger partial charge >= 0.3 is 0 Å². The highest BCUT2D eigenvalue weighted by Crippen LogP contribution is 2.33. The summed E-state index contributed by atoms with van der Waals surface area (Å²) in [7, 11) is 5.34. The van der Waals surface area contributed by atoms with Crippen LogP contribution in [0.2, 0.25) is 0 Å². The molecule has 0 saturated carbocycles. The second-order valence-corrected chi connectivity index (χ2v) is 6.77. The number of rotatable bonds is 5. The van der Waals surface area contributed by atoms with E-state index in [0.717, 1.165) is 30.0 Å². The second-order valence-electron chi connectivity index (χ2n) is 6.77. The average Bonchev–Trinajstić information content (AvgIpc) is 3.04. The number of anilines is 2. The van der Waals surface area contributed by atoms with E-state index in [4.69, 9.17) is 9.47 Å². The van der Waals surface area contributed by atoms with Crippen LogP contribution in [0.1, 0.15) is 17.7 Å². The molecule has 1 aliphatic rings. The molecule has 1 aromatic heterocycles. The molecule has 3 aromatic rings. The molecule has 2 aromatic carbocycles. The standard InChI is InChI=1S/C21H25N3O2/c1-22-13-5-8-18-17(10-13)16-7-4-14(11-19(16)24-18)23-15-6-9-20(25-2)21(12-15)26-3/h4,6-7,9,11-13,22-24H,5,8,10H2,1-3H3. The van der Waals surface area contributed by atoms with Crippen molar-refractivity contribution in [3.63, 3.8) is 0 Å². The predicted molar refractivity (Wildman–Crippen MR) is 106 cm³/mol. The van der Waals surface area contributed by atoms with Crippen LogP contribution in [0.25, 0.3) is 10.9 Å². The Morgan fingerprint density at radius 3 is 2.54 bits per heavy atom. The predicted octanol–water partition coefficient (Wildman–Crippen LogP) is 4.01. The summed E-state index contributed by atoms with van der Waals surface area (Å²) in [6.07, 6.45) is 3.38. The maximum absolute atomic E-state index is 5.38. The first-order valence-electron chi connectivity index (χ1n) is 9.01. The number of H-pyrrole nitrogens is 1. The van der Waals surface area contributed by atoms with Crippen molar-refractivity contribution in [1.82, 2.24) is 10.3 Å². The first-order valence-corrected chi connectivity index (χ1v) is 9.01. The number of fused-ring (bicyclic) bond motifs is 3. The largest absolute Gasteiger partial charge is 0.493 e. The average molecular weight is 351 g/mol. The van der Waals surface area contributed by atoms with Gasteiger partial charge in [0.1, 0.15) is 0 Å². The SMILES string of the molecule is CNC1CCc2[nH]c3cc(Nc4ccc(OC)c(OC)c4)ccc3c2C1. The molecule has 0 aliphatic heterocycles. The molecule has 136 valence electrons. The summed E-state index contributed by atoms with van der Waals surface area (Å²) in [4.78, 5) is 3.62. The van der Waals surface area contributed by atoms with Crippen LogP contribution in [0.5, 0.6) is 11.5 Å². The van der Waals surface area contributed by atoms with Gasteiger partial charge in [-0.2, -0.15) is 0 Å². The Balaban J connectivity index is 1.62. The summed E-state index contributed by atoms with van der Waals surface area (Å²) in [6.45, 7) is 0. The van der Waals surface area contributed by atoms with E-state index in [0.29, 0.717) is 11.8 Å². The van der Waals surface area contributed by atoms with E-state index in [1.807, 2.05) is 18.2 Å². The van der Waals surface area contributed by atoms with Gasteiger partial charge in [-0.25, -0.2) is 0 Å². The van der Waals surface area contributed by atoms with Crippen LogP contribution < -0.4 is 20.1 Å². The number of hydrogen-bond acceptors (Lipinski definition) is 4. The number of aryl methyl sites for hydroxylation is 1. The zero-order chi connectivity index (χ0) is 18.1.